The molecule has 2 atom stereocenters. The Hall–Kier alpha value is -0.950. The molecule has 2 unspecified atom stereocenters. The molecule has 4 aliphatic rings. The van der Waals surface area contributed by atoms with Crippen molar-refractivity contribution in [1.82, 2.24) is 0 Å². The standard InChI is InChI=1S/C19H23ClO/c1-11(13-3-4-16(20)17(21)7-13)18-14-5-12-6-15(18)10-19(2,8-12)9-14/h3-4,7,12,14-15,21H,5-6,8-10H2,1-2H3. The molecule has 4 saturated carbocycles. The van der Waals surface area contributed by atoms with Gasteiger partial charge in [0, 0.05) is 0 Å². The summed E-state index contributed by atoms with van der Waals surface area (Å²) in [5.41, 5.74) is 4.82. The van der Waals surface area contributed by atoms with Gasteiger partial charge in [-0.05, 0) is 85.5 Å². The van der Waals surface area contributed by atoms with Crippen molar-refractivity contribution >= 4 is 17.2 Å². The van der Waals surface area contributed by atoms with Crippen molar-refractivity contribution in [1.29, 1.82) is 0 Å². The smallest absolute Gasteiger partial charge is 0.134 e. The molecule has 4 bridgehead atoms. The van der Waals surface area contributed by atoms with Crippen LogP contribution in [0.15, 0.2) is 23.8 Å². The lowest BCUT2D eigenvalue weighted by Crippen LogP contribution is -2.46. The Morgan fingerprint density at radius 3 is 2.43 bits per heavy atom. The fourth-order valence-electron chi connectivity index (χ4n) is 5.70. The Labute approximate surface area is 132 Å². The molecule has 0 spiro atoms. The average molecular weight is 303 g/mol. The second-order valence-corrected chi connectivity index (χ2v) is 8.31. The molecule has 2 heteroatoms. The first-order valence-corrected chi connectivity index (χ1v) is 8.52. The minimum Gasteiger partial charge on any atom is -0.506 e. The molecule has 0 heterocycles. The highest BCUT2D eigenvalue weighted by atomic mass is 35.5. The Balaban J connectivity index is 1.76. The van der Waals surface area contributed by atoms with Crippen LogP contribution in [0.1, 0.15) is 51.5 Å². The monoisotopic (exact) mass is 302 g/mol. The highest BCUT2D eigenvalue weighted by molar-refractivity contribution is 6.32. The Morgan fingerprint density at radius 2 is 1.86 bits per heavy atom. The Kier molecular flexibility index (Phi) is 2.95. The van der Waals surface area contributed by atoms with Crippen LogP contribution in [0.3, 0.4) is 0 Å². The molecule has 1 nitrogen and oxygen atoms in total. The summed E-state index contributed by atoms with van der Waals surface area (Å²) in [6.07, 6.45) is 6.96. The number of halogens is 1. The molecule has 0 aliphatic heterocycles. The average Bonchev–Trinajstić information content (AvgIpc) is 2.39. The number of hydrogen-bond acceptors (Lipinski definition) is 1. The maximum atomic E-state index is 9.89. The van der Waals surface area contributed by atoms with E-state index in [-0.39, 0.29) is 5.75 Å². The minimum atomic E-state index is 0.199. The van der Waals surface area contributed by atoms with Crippen LogP contribution >= 0.6 is 11.6 Å². The maximum absolute atomic E-state index is 9.89. The van der Waals surface area contributed by atoms with Gasteiger partial charge in [-0.25, -0.2) is 0 Å². The van der Waals surface area contributed by atoms with Crippen LogP contribution in [0.2, 0.25) is 5.02 Å². The number of rotatable bonds is 1. The van der Waals surface area contributed by atoms with Gasteiger partial charge in [-0.2, -0.15) is 0 Å². The molecule has 0 aromatic heterocycles. The lowest BCUT2D eigenvalue weighted by Gasteiger charge is -2.57. The van der Waals surface area contributed by atoms with Gasteiger partial charge in [-0.1, -0.05) is 30.2 Å². The summed E-state index contributed by atoms with van der Waals surface area (Å²) < 4.78 is 0. The molecule has 0 saturated heterocycles. The third kappa shape index (κ3) is 2.12. The summed E-state index contributed by atoms with van der Waals surface area (Å²) in [4.78, 5) is 0. The fourth-order valence-corrected chi connectivity index (χ4v) is 5.82. The topological polar surface area (TPSA) is 20.2 Å². The van der Waals surface area contributed by atoms with Crippen molar-refractivity contribution in [3.63, 3.8) is 0 Å². The predicted molar refractivity (Wildman–Crippen MR) is 87.4 cm³/mol. The number of benzene rings is 1. The highest BCUT2D eigenvalue weighted by Crippen LogP contribution is 2.63. The van der Waals surface area contributed by atoms with Crippen molar-refractivity contribution in [3.8, 4) is 5.75 Å². The van der Waals surface area contributed by atoms with Gasteiger partial charge in [0.15, 0.2) is 0 Å². The number of allylic oxidation sites excluding steroid dienone is 2. The third-order valence-corrected chi connectivity index (χ3v) is 6.51. The van der Waals surface area contributed by atoms with Crippen LogP contribution in [0.25, 0.3) is 5.57 Å². The quantitative estimate of drug-likeness (QED) is 0.709. The van der Waals surface area contributed by atoms with Gasteiger partial charge in [-0.15, -0.1) is 0 Å². The van der Waals surface area contributed by atoms with Crippen LogP contribution in [-0.2, 0) is 0 Å². The first-order valence-electron chi connectivity index (χ1n) is 8.15. The van der Waals surface area contributed by atoms with Gasteiger partial charge in [0.1, 0.15) is 5.75 Å². The van der Waals surface area contributed by atoms with Crippen LogP contribution in [0.5, 0.6) is 5.75 Å². The van der Waals surface area contributed by atoms with E-state index in [2.05, 4.69) is 19.9 Å². The van der Waals surface area contributed by atoms with Gasteiger partial charge in [0.25, 0.3) is 0 Å². The maximum Gasteiger partial charge on any atom is 0.134 e. The molecule has 5 rings (SSSR count). The summed E-state index contributed by atoms with van der Waals surface area (Å²) in [5.74, 6) is 2.71. The SMILES string of the molecule is CC(=C1C2CC3CC1CC(C)(C3)C2)c1ccc(Cl)c(O)c1. The summed E-state index contributed by atoms with van der Waals surface area (Å²) >= 11 is 5.94. The summed E-state index contributed by atoms with van der Waals surface area (Å²) in [5, 5.41) is 10.3. The number of aromatic hydroxyl groups is 1. The van der Waals surface area contributed by atoms with Gasteiger partial charge in [-0.3, -0.25) is 0 Å². The van der Waals surface area contributed by atoms with Gasteiger partial charge in [0.05, 0.1) is 5.02 Å². The van der Waals surface area contributed by atoms with Crippen molar-refractivity contribution < 1.29 is 5.11 Å². The molecule has 1 aromatic carbocycles. The Morgan fingerprint density at radius 1 is 1.19 bits per heavy atom. The first kappa shape index (κ1) is 13.7. The van der Waals surface area contributed by atoms with E-state index in [1.165, 1.54) is 37.7 Å². The van der Waals surface area contributed by atoms with Crippen molar-refractivity contribution in [2.45, 2.75) is 46.0 Å². The van der Waals surface area contributed by atoms with Gasteiger partial charge >= 0.3 is 0 Å². The normalized spacial score (nSPS) is 37.1. The largest absolute Gasteiger partial charge is 0.506 e. The van der Waals surface area contributed by atoms with Crippen molar-refractivity contribution in [2.75, 3.05) is 0 Å². The highest BCUT2D eigenvalue weighted by Gasteiger charge is 2.51. The number of phenolic OH excluding ortho intramolecular Hbond substituents is 1. The number of phenols is 1. The number of hydrogen-bond donors (Lipinski definition) is 1. The van der Waals surface area contributed by atoms with Crippen LogP contribution in [-0.4, -0.2) is 5.11 Å². The molecule has 1 N–H and O–H groups in total. The zero-order valence-electron chi connectivity index (χ0n) is 12.8. The molecule has 1 aromatic rings. The summed E-state index contributed by atoms with van der Waals surface area (Å²) in [7, 11) is 0. The zero-order chi connectivity index (χ0) is 14.8. The van der Waals surface area contributed by atoms with E-state index in [0.29, 0.717) is 10.4 Å². The lowest BCUT2D eigenvalue weighted by atomic mass is 9.48. The minimum absolute atomic E-state index is 0.199. The van der Waals surface area contributed by atoms with E-state index in [0.717, 1.165) is 23.3 Å². The molecule has 4 aliphatic carbocycles. The lowest BCUT2D eigenvalue weighted by molar-refractivity contribution is -0.000240. The van der Waals surface area contributed by atoms with Crippen LogP contribution in [0.4, 0.5) is 0 Å². The van der Waals surface area contributed by atoms with E-state index >= 15 is 0 Å². The van der Waals surface area contributed by atoms with Crippen LogP contribution < -0.4 is 0 Å². The van der Waals surface area contributed by atoms with E-state index < -0.39 is 0 Å². The van der Waals surface area contributed by atoms with E-state index in [1.54, 1.807) is 5.57 Å². The van der Waals surface area contributed by atoms with Crippen molar-refractivity contribution in [3.05, 3.63) is 34.4 Å². The molecule has 112 valence electrons. The molecular formula is C19H23ClO. The molecule has 4 fully saturated rings. The van der Waals surface area contributed by atoms with Gasteiger partial charge < -0.3 is 5.11 Å². The summed E-state index contributed by atoms with van der Waals surface area (Å²) in [6, 6.07) is 5.70. The fraction of sp³-hybridized carbons (Fsp3) is 0.579. The van der Waals surface area contributed by atoms with E-state index in [4.69, 9.17) is 11.6 Å². The van der Waals surface area contributed by atoms with E-state index in [9.17, 15) is 5.11 Å². The van der Waals surface area contributed by atoms with Crippen LogP contribution in [0, 0.1) is 23.2 Å². The third-order valence-electron chi connectivity index (χ3n) is 6.19. The second-order valence-electron chi connectivity index (χ2n) is 7.90. The molecule has 0 radical (unpaired) electrons. The molecular weight excluding hydrogens is 280 g/mol. The summed E-state index contributed by atoms with van der Waals surface area (Å²) in [6.45, 7) is 4.74. The Bertz CT molecular complexity index is 612. The molecule has 21 heavy (non-hydrogen) atoms. The second kappa shape index (κ2) is 4.52. The molecule has 0 amide bonds. The van der Waals surface area contributed by atoms with E-state index in [1.807, 2.05) is 12.1 Å². The first-order chi connectivity index (χ1) is 9.95. The van der Waals surface area contributed by atoms with Gasteiger partial charge in [0.2, 0.25) is 0 Å². The zero-order valence-corrected chi connectivity index (χ0v) is 13.6. The predicted octanol–water partition coefficient (Wildman–Crippen LogP) is 5.67. The van der Waals surface area contributed by atoms with Crippen molar-refractivity contribution in [2.24, 2.45) is 23.2 Å².